The summed E-state index contributed by atoms with van der Waals surface area (Å²) in [7, 11) is 1.79. The number of halogens is 3. The molecule has 4 rings (SSSR count). The van der Waals surface area contributed by atoms with Gasteiger partial charge in [0.1, 0.15) is 11.4 Å². The standard InChI is InChI=1S/C17H17F3N6/c1-25-10-14(22-24-25)16-13-8-21-7-6-15(13)26(23-16)9-11-2-4-12(5-3-11)17(18,19)20/h2-5,10,21H,6-9H2,1H3. The van der Waals surface area contributed by atoms with Crippen LogP contribution in [0, 0.1) is 0 Å². The number of alkyl halides is 3. The lowest BCUT2D eigenvalue weighted by Gasteiger charge is -2.15. The van der Waals surface area contributed by atoms with Crippen molar-refractivity contribution in [1.29, 1.82) is 0 Å². The molecule has 0 bridgehead atoms. The van der Waals surface area contributed by atoms with Crippen LogP contribution in [0.2, 0.25) is 0 Å². The number of aryl methyl sites for hydroxylation is 1. The van der Waals surface area contributed by atoms with E-state index in [0.29, 0.717) is 18.8 Å². The van der Waals surface area contributed by atoms with E-state index in [1.807, 2.05) is 4.68 Å². The number of hydrogen-bond acceptors (Lipinski definition) is 4. The van der Waals surface area contributed by atoms with E-state index < -0.39 is 11.7 Å². The van der Waals surface area contributed by atoms with Gasteiger partial charge in [-0.3, -0.25) is 9.36 Å². The zero-order valence-electron chi connectivity index (χ0n) is 14.1. The van der Waals surface area contributed by atoms with Gasteiger partial charge in [-0.25, -0.2) is 0 Å². The Morgan fingerprint density at radius 1 is 1.19 bits per heavy atom. The number of nitrogens with one attached hydrogen (secondary N) is 1. The van der Waals surface area contributed by atoms with Crippen LogP contribution in [-0.4, -0.2) is 31.3 Å². The number of rotatable bonds is 3. The first-order valence-corrected chi connectivity index (χ1v) is 8.24. The highest BCUT2D eigenvalue weighted by atomic mass is 19.4. The smallest absolute Gasteiger partial charge is 0.312 e. The van der Waals surface area contributed by atoms with E-state index in [-0.39, 0.29) is 0 Å². The van der Waals surface area contributed by atoms with Gasteiger partial charge in [-0.1, -0.05) is 17.3 Å². The summed E-state index contributed by atoms with van der Waals surface area (Å²) in [5.74, 6) is 0. The Labute approximate surface area is 147 Å². The van der Waals surface area contributed by atoms with E-state index in [0.717, 1.165) is 47.6 Å². The van der Waals surface area contributed by atoms with Gasteiger partial charge in [-0.05, 0) is 17.7 Å². The van der Waals surface area contributed by atoms with Gasteiger partial charge in [-0.15, -0.1) is 5.10 Å². The summed E-state index contributed by atoms with van der Waals surface area (Å²) in [6.07, 6.45) is -1.71. The highest BCUT2D eigenvalue weighted by molar-refractivity contribution is 5.59. The summed E-state index contributed by atoms with van der Waals surface area (Å²) in [4.78, 5) is 0. The summed E-state index contributed by atoms with van der Waals surface area (Å²) >= 11 is 0. The number of aromatic nitrogens is 5. The van der Waals surface area contributed by atoms with Gasteiger partial charge in [0.05, 0.1) is 18.3 Å². The fourth-order valence-electron chi connectivity index (χ4n) is 3.18. The molecule has 0 spiro atoms. The minimum atomic E-state index is -4.33. The van der Waals surface area contributed by atoms with Crippen molar-refractivity contribution in [1.82, 2.24) is 30.1 Å². The minimum Gasteiger partial charge on any atom is -0.312 e. The largest absolute Gasteiger partial charge is 0.416 e. The molecule has 3 aromatic rings. The Kier molecular flexibility index (Phi) is 4.03. The third-order valence-electron chi connectivity index (χ3n) is 4.47. The molecule has 1 aliphatic rings. The zero-order valence-corrected chi connectivity index (χ0v) is 14.1. The van der Waals surface area contributed by atoms with Gasteiger partial charge in [0, 0.05) is 37.8 Å². The van der Waals surface area contributed by atoms with Crippen molar-refractivity contribution in [2.24, 2.45) is 7.05 Å². The molecule has 0 amide bonds. The van der Waals surface area contributed by atoms with Crippen LogP contribution in [-0.2, 0) is 32.7 Å². The van der Waals surface area contributed by atoms with Crippen LogP contribution in [0.4, 0.5) is 13.2 Å². The van der Waals surface area contributed by atoms with Gasteiger partial charge in [0.2, 0.25) is 0 Å². The van der Waals surface area contributed by atoms with Crippen LogP contribution in [0.25, 0.3) is 11.4 Å². The Morgan fingerprint density at radius 3 is 2.62 bits per heavy atom. The predicted molar refractivity (Wildman–Crippen MR) is 88.2 cm³/mol. The number of hydrogen-bond donors (Lipinski definition) is 1. The fraction of sp³-hybridized carbons (Fsp3) is 0.353. The summed E-state index contributed by atoms with van der Waals surface area (Å²) in [5, 5.41) is 16.1. The molecule has 0 unspecified atom stereocenters. The van der Waals surface area contributed by atoms with Crippen LogP contribution in [0.3, 0.4) is 0 Å². The second-order valence-electron chi connectivity index (χ2n) is 6.33. The molecule has 1 aliphatic heterocycles. The molecule has 3 heterocycles. The molecule has 1 aromatic carbocycles. The molecule has 2 aromatic heterocycles. The van der Waals surface area contributed by atoms with Crippen LogP contribution in [0.15, 0.2) is 30.5 Å². The average molecular weight is 362 g/mol. The van der Waals surface area contributed by atoms with Crippen LogP contribution >= 0.6 is 0 Å². The maximum Gasteiger partial charge on any atom is 0.416 e. The Morgan fingerprint density at radius 2 is 1.96 bits per heavy atom. The van der Waals surface area contributed by atoms with E-state index >= 15 is 0 Å². The number of benzene rings is 1. The van der Waals surface area contributed by atoms with Crippen LogP contribution in [0.5, 0.6) is 0 Å². The van der Waals surface area contributed by atoms with Crippen molar-refractivity contribution in [3.63, 3.8) is 0 Å². The first-order valence-electron chi connectivity index (χ1n) is 8.24. The first kappa shape index (κ1) is 16.8. The van der Waals surface area contributed by atoms with Gasteiger partial charge >= 0.3 is 6.18 Å². The van der Waals surface area contributed by atoms with Crippen molar-refractivity contribution >= 4 is 0 Å². The average Bonchev–Trinajstić information content (AvgIpc) is 3.19. The molecule has 136 valence electrons. The van der Waals surface area contributed by atoms with E-state index in [2.05, 4.69) is 20.7 Å². The van der Waals surface area contributed by atoms with Crippen LogP contribution in [0.1, 0.15) is 22.4 Å². The molecule has 0 fully saturated rings. The molecule has 26 heavy (non-hydrogen) atoms. The normalized spacial score (nSPS) is 14.5. The lowest BCUT2D eigenvalue weighted by Crippen LogP contribution is -2.25. The highest BCUT2D eigenvalue weighted by Crippen LogP contribution is 2.30. The van der Waals surface area contributed by atoms with Gasteiger partial charge in [0.15, 0.2) is 0 Å². The lowest BCUT2D eigenvalue weighted by molar-refractivity contribution is -0.137. The van der Waals surface area contributed by atoms with Crippen molar-refractivity contribution < 1.29 is 13.2 Å². The van der Waals surface area contributed by atoms with Crippen LogP contribution < -0.4 is 5.32 Å². The molecular formula is C17H17F3N6. The second-order valence-corrected chi connectivity index (χ2v) is 6.33. The Bertz CT molecular complexity index is 923. The lowest BCUT2D eigenvalue weighted by atomic mass is 10.1. The Hall–Kier alpha value is -2.68. The molecule has 9 heteroatoms. The summed E-state index contributed by atoms with van der Waals surface area (Å²) < 4.78 is 41.7. The SMILES string of the molecule is Cn1cc(-c2nn(Cc3ccc(C(F)(F)F)cc3)c3c2CNCC3)nn1. The van der Waals surface area contributed by atoms with E-state index in [9.17, 15) is 13.2 Å². The third-order valence-corrected chi connectivity index (χ3v) is 4.47. The molecule has 1 N–H and O–H groups in total. The van der Waals surface area contributed by atoms with E-state index in [4.69, 9.17) is 0 Å². The molecule has 6 nitrogen and oxygen atoms in total. The minimum absolute atomic E-state index is 0.417. The molecule has 0 saturated heterocycles. The summed E-state index contributed by atoms with van der Waals surface area (Å²) in [5.41, 5.74) is 3.75. The van der Waals surface area contributed by atoms with Gasteiger partial charge < -0.3 is 5.32 Å². The first-order chi connectivity index (χ1) is 12.4. The fourth-order valence-corrected chi connectivity index (χ4v) is 3.18. The molecule has 0 saturated carbocycles. The Balaban J connectivity index is 1.67. The van der Waals surface area contributed by atoms with Crippen molar-refractivity contribution in [3.8, 4) is 11.4 Å². The molecular weight excluding hydrogens is 345 g/mol. The second kappa shape index (κ2) is 6.24. The summed E-state index contributed by atoms with van der Waals surface area (Å²) in [6.45, 7) is 1.95. The van der Waals surface area contributed by atoms with Crippen molar-refractivity contribution in [3.05, 3.63) is 52.8 Å². The predicted octanol–water partition coefficient (Wildman–Crippen LogP) is 2.39. The third kappa shape index (κ3) is 3.10. The molecule has 0 aliphatic carbocycles. The van der Waals surface area contributed by atoms with Gasteiger partial charge in [0.25, 0.3) is 0 Å². The highest BCUT2D eigenvalue weighted by Gasteiger charge is 2.30. The van der Waals surface area contributed by atoms with E-state index in [1.54, 1.807) is 17.9 Å². The maximum absolute atomic E-state index is 12.7. The number of nitrogens with zero attached hydrogens (tertiary/aromatic N) is 5. The number of fused-ring (bicyclic) bond motifs is 1. The van der Waals surface area contributed by atoms with Crippen molar-refractivity contribution in [2.75, 3.05) is 6.54 Å². The molecule has 0 radical (unpaired) electrons. The van der Waals surface area contributed by atoms with Crippen molar-refractivity contribution in [2.45, 2.75) is 25.7 Å². The van der Waals surface area contributed by atoms with E-state index in [1.165, 1.54) is 12.1 Å². The molecule has 0 atom stereocenters. The van der Waals surface area contributed by atoms with Gasteiger partial charge in [-0.2, -0.15) is 18.3 Å². The topological polar surface area (TPSA) is 60.6 Å². The zero-order chi connectivity index (χ0) is 18.3. The monoisotopic (exact) mass is 362 g/mol. The quantitative estimate of drug-likeness (QED) is 0.777. The maximum atomic E-state index is 12.7. The summed E-state index contributed by atoms with van der Waals surface area (Å²) in [6, 6.07) is 5.22.